The highest BCUT2D eigenvalue weighted by molar-refractivity contribution is 6.32. The molecule has 0 radical (unpaired) electrons. The van der Waals surface area contributed by atoms with E-state index in [1.165, 1.54) is 19.5 Å². The van der Waals surface area contributed by atoms with E-state index >= 15 is 0 Å². The van der Waals surface area contributed by atoms with Gasteiger partial charge in [-0.3, -0.25) is 14.2 Å². The van der Waals surface area contributed by atoms with Gasteiger partial charge in [0, 0.05) is 86.1 Å². The Kier molecular flexibility index (Phi) is 21.4. The van der Waals surface area contributed by atoms with Crippen LogP contribution in [0.3, 0.4) is 0 Å². The van der Waals surface area contributed by atoms with E-state index in [1.54, 1.807) is 40.2 Å². The second-order valence-electron chi connectivity index (χ2n) is 21.3. The summed E-state index contributed by atoms with van der Waals surface area (Å²) in [4.78, 5) is 44.2. The Morgan fingerprint density at radius 3 is 1.66 bits per heavy atom. The number of hydrogen-bond donors (Lipinski definition) is 4. The number of benzene rings is 2. The van der Waals surface area contributed by atoms with Gasteiger partial charge in [0.05, 0.1) is 35.2 Å². The zero-order chi connectivity index (χ0) is 51.5. The van der Waals surface area contributed by atoms with Gasteiger partial charge in [0.15, 0.2) is 0 Å². The van der Waals surface area contributed by atoms with E-state index in [9.17, 15) is 9.59 Å². The van der Waals surface area contributed by atoms with Crippen LogP contribution in [0.1, 0.15) is 108 Å². The summed E-state index contributed by atoms with van der Waals surface area (Å²) >= 11 is 13.0. The molecule has 4 aromatic heterocycles. The Hall–Kier alpha value is -6.10. The summed E-state index contributed by atoms with van der Waals surface area (Å²) < 4.78 is 8.63. The molecule has 2 fully saturated rings. The third-order valence-corrected chi connectivity index (χ3v) is 13.1. The van der Waals surface area contributed by atoms with Crippen molar-refractivity contribution in [2.75, 3.05) is 36.8 Å². The molecule has 2 aromatic carbocycles. The smallest absolute Gasteiger partial charge is 0.407 e. The van der Waals surface area contributed by atoms with Gasteiger partial charge >= 0.3 is 6.09 Å². The summed E-state index contributed by atoms with van der Waals surface area (Å²) in [5.41, 5.74) is 6.81. The average molecular weight is 1040 g/mol. The van der Waals surface area contributed by atoms with Crippen molar-refractivity contribution in [2.24, 2.45) is 36.8 Å². The molecule has 0 saturated carbocycles. The highest BCUT2D eigenvalue weighted by atomic mass is 35.5. The van der Waals surface area contributed by atoms with Crippen LogP contribution in [0, 0.1) is 22.7 Å². The molecule has 8 rings (SSSR count). The van der Waals surface area contributed by atoms with Gasteiger partial charge in [0.1, 0.15) is 5.60 Å². The molecule has 0 aliphatic carbocycles. The van der Waals surface area contributed by atoms with Crippen molar-refractivity contribution >= 4 is 58.5 Å². The lowest BCUT2D eigenvalue weighted by molar-refractivity contribution is -0.130. The minimum Gasteiger partial charge on any atom is -0.444 e. The highest BCUT2D eigenvalue weighted by Gasteiger charge is 2.33. The van der Waals surface area contributed by atoms with Gasteiger partial charge in [-0.05, 0) is 111 Å². The number of aromatic nitrogens is 8. The predicted octanol–water partition coefficient (Wildman–Crippen LogP) is 12.3. The molecule has 2 saturated heterocycles. The van der Waals surface area contributed by atoms with Crippen molar-refractivity contribution in [3.05, 3.63) is 107 Å². The number of carbonyl (C=O) groups is 2. The SMILES string of the molecule is C.C.CC(C)(C)C1CCNC1.Cn1cc(Nc2nccc(-c3ccc(CCC(=O)N4CCC(C(C)(C)C)C4)c(Cl)c3)n2)cn1.Cn1cc(Nc2nccc(-c3ccc(CNC(=O)OC(C)(C)C)c(Cl)c3)n2)cn1. The topological polar surface area (TPSA) is 182 Å². The van der Waals surface area contributed by atoms with Crippen LogP contribution >= 0.6 is 23.2 Å². The maximum absolute atomic E-state index is 12.7. The Bertz CT molecular complexity index is 2710. The number of anilines is 4. The van der Waals surface area contributed by atoms with E-state index < -0.39 is 11.7 Å². The number of nitrogens with zero attached hydrogens (tertiary/aromatic N) is 9. The number of likely N-dealkylation sites (tertiary alicyclic amines) is 1. The molecule has 0 bridgehead atoms. The van der Waals surface area contributed by atoms with Crippen molar-refractivity contribution in [1.29, 1.82) is 0 Å². The maximum atomic E-state index is 12.7. The largest absolute Gasteiger partial charge is 0.444 e. The van der Waals surface area contributed by atoms with Gasteiger partial charge in [0.2, 0.25) is 17.8 Å². The van der Waals surface area contributed by atoms with Crippen LogP contribution in [0.25, 0.3) is 22.5 Å². The maximum Gasteiger partial charge on any atom is 0.407 e. The van der Waals surface area contributed by atoms with E-state index in [-0.39, 0.29) is 32.7 Å². The quantitative estimate of drug-likeness (QED) is 0.0965. The summed E-state index contributed by atoms with van der Waals surface area (Å²) in [5, 5.41) is 21.8. The first-order chi connectivity index (χ1) is 33.5. The van der Waals surface area contributed by atoms with Crippen molar-refractivity contribution < 1.29 is 14.3 Å². The first-order valence-corrected chi connectivity index (χ1v) is 24.9. The number of aryl methyl sites for hydroxylation is 3. The lowest BCUT2D eigenvalue weighted by Gasteiger charge is -2.27. The van der Waals surface area contributed by atoms with Gasteiger partial charge in [-0.15, -0.1) is 0 Å². The molecule has 2 atom stereocenters. The Labute approximate surface area is 443 Å². The normalized spacial score (nSPS) is 15.4. The fraction of sp³-hybridized carbons (Fsp3) is 0.491. The van der Waals surface area contributed by atoms with Crippen LogP contribution in [-0.4, -0.2) is 88.2 Å². The average Bonchev–Trinajstić information content (AvgIpc) is 4.15. The summed E-state index contributed by atoms with van der Waals surface area (Å²) in [7, 11) is 3.69. The number of alkyl carbamates (subject to hydrolysis) is 1. The number of halogens is 2. The highest BCUT2D eigenvalue weighted by Crippen LogP contribution is 2.35. The first kappa shape index (κ1) is 59.5. The molecule has 0 spiro atoms. The number of rotatable bonds is 11. The van der Waals surface area contributed by atoms with Gasteiger partial charge < -0.3 is 30.9 Å². The molecule has 2 unspecified atom stereocenters. The third-order valence-electron chi connectivity index (χ3n) is 12.4. The van der Waals surface area contributed by atoms with E-state index in [0.717, 1.165) is 70.4 Å². The number of hydrogen-bond acceptors (Lipinski definition) is 12. The lowest BCUT2D eigenvalue weighted by Crippen LogP contribution is -2.32. The lowest BCUT2D eigenvalue weighted by atomic mass is 9.80. The molecule has 2 aliphatic heterocycles. The summed E-state index contributed by atoms with van der Waals surface area (Å²) in [6.45, 7) is 23.6. The molecule has 73 heavy (non-hydrogen) atoms. The Balaban J connectivity index is 0.000000265. The fourth-order valence-corrected chi connectivity index (χ4v) is 8.64. The molecule has 396 valence electrons. The Morgan fingerprint density at radius 1 is 0.726 bits per heavy atom. The van der Waals surface area contributed by atoms with Crippen LogP contribution in [0.5, 0.6) is 0 Å². The minimum absolute atomic E-state index is 0. The monoisotopic (exact) mass is 1040 g/mol. The summed E-state index contributed by atoms with van der Waals surface area (Å²) in [6.07, 6.45) is 13.6. The van der Waals surface area contributed by atoms with Crippen LogP contribution in [0.2, 0.25) is 10.0 Å². The van der Waals surface area contributed by atoms with E-state index in [0.29, 0.717) is 46.1 Å². The van der Waals surface area contributed by atoms with E-state index in [1.807, 2.05) is 94.6 Å². The second-order valence-corrected chi connectivity index (χ2v) is 22.1. The minimum atomic E-state index is -0.549. The Morgan fingerprint density at radius 2 is 1.25 bits per heavy atom. The van der Waals surface area contributed by atoms with E-state index in [4.69, 9.17) is 27.9 Å². The molecule has 16 nitrogen and oxygen atoms in total. The molecule has 18 heteroatoms. The van der Waals surface area contributed by atoms with Crippen LogP contribution in [0.4, 0.5) is 28.1 Å². The third kappa shape index (κ3) is 18.4. The number of nitrogens with one attached hydrogen (secondary N) is 4. The molecule has 2 aliphatic rings. The van der Waals surface area contributed by atoms with Crippen LogP contribution in [-0.2, 0) is 36.6 Å². The molecular weight excluding hydrogens is 962 g/mol. The predicted molar refractivity (Wildman–Crippen MR) is 297 cm³/mol. The number of amides is 2. The first-order valence-electron chi connectivity index (χ1n) is 24.2. The fourth-order valence-electron chi connectivity index (χ4n) is 8.12. The summed E-state index contributed by atoms with van der Waals surface area (Å²) in [6, 6.07) is 15.1. The van der Waals surface area contributed by atoms with Gasteiger partial charge in [-0.25, -0.2) is 24.7 Å². The van der Waals surface area contributed by atoms with Crippen molar-refractivity contribution in [2.45, 2.75) is 115 Å². The van der Waals surface area contributed by atoms with Crippen molar-refractivity contribution in [3.8, 4) is 22.5 Å². The second kappa shape index (κ2) is 26.2. The zero-order valence-corrected chi connectivity index (χ0v) is 44.6. The zero-order valence-electron chi connectivity index (χ0n) is 43.1. The van der Waals surface area contributed by atoms with Gasteiger partial charge in [0.25, 0.3) is 0 Å². The van der Waals surface area contributed by atoms with Gasteiger partial charge in [-0.1, -0.05) is 104 Å². The van der Waals surface area contributed by atoms with Crippen LogP contribution < -0.4 is 21.3 Å². The molecule has 6 aromatic rings. The number of ether oxygens (including phenoxy) is 1. The summed E-state index contributed by atoms with van der Waals surface area (Å²) in [5.74, 6) is 2.63. The van der Waals surface area contributed by atoms with E-state index in [2.05, 4.69) is 92.9 Å². The number of carbonyl (C=O) groups excluding carboxylic acids is 2. The van der Waals surface area contributed by atoms with Crippen molar-refractivity contribution in [1.82, 2.24) is 55.0 Å². The molecule has 4 N–H and O–H groups in total. The molecule has 6 heterocycles. The van der Waals surface area contributed by atoms with Gasteiger partial charge in [-0.2, -0.15) is 10.2 Å². The standard InChI is InChI=1S/C25H31ClN6O.C20H23ClN6O2.C8H17N.2CH4/c1-25(2,3)19-10-12-32(15-19)23(33)8-7-17-5-6-18(13-21(17)26)22-9-11-27-24(30-22)29-20-14-28-31(4)16-20;1-20(2,3)29-19(28)23-10-14-6-5-13(9-16(14)21)17-7-8-22-18(26-17)25-15-11-24-27(4)12-15;1-8(2,3)7-4-5-9-6-7;;/h5-6,9,11,13-14,16,19H,7-8,10,12,15H2,1-4H3,(H,27,29,30);5-9,11-12H,10H2,1-4H3,(H,23,28)(H,22,25,26);7,9H,4-6H2,1-3H3;2*1H4. The van der Waals surface area contributed by atoms with Crippen molar-refractivity contribution in [3.63, 3.8) is 0 Å². The molecular formula is C55H79Cl2N13O3. The van der Waals surface area contributed by atoms with Crippen LogP contribution in [0.15, 0.2) is 85.7 Å². The molecule has 2 amide bonds.